The molecule has 1 aromatic rings. The van der Waals surface area contributed by atoms with Gasteiger partial charge in [-0.3, -0.25) is 9.59 Å². The van der Waals surface area contributed by atoms with E-state index >= 15 is 0 Å². The van der Waals surface area contributed by atoms with Crippen molar-refractivity contribution in [1.29, 1.82) is 0 Å². The third-order valence-corrected chi connectivity index (χ3v) is 5.02. The van der Waals surface area contributed by atoms with Crippen molar-refractivity contribution in [3.8, 4) is 17.2 Å². The Morgan fingerprint density at radius 2 is 2.07 bits per heavy atom. The van der Waals surface area contributed by atoms with Crippen LogP contribution in [0.3, 0.4) is 0 Å². The van der Waals surface area contributed by atoms with Gasteiger partial charge in [-0.2, -0.15) is 0 Å². The zero-order valence-electron chi connectivity index (χ0n) is 15.1. The zero-order chi connectivity index (χ0) is 19.7. The fourth-order valence-corrected chi connectivity index (χ4v) is 3.47. The van der Waals surface area contributed by atoms with Gasteiger partial charge in [0.1, 0.15) is 24.0 Å². The third-order valence-electron chi connectivity index (χ3n) is 5.02. The maximum atomic E-state index is 12.6. The number of nitrogens with one attached hydrogen (secondary N) is 2. The molecule has 4 atom stereocenters. The molecule has 4 rings (SSSR count). The van der Waals surface area contributed by atoms with Crippen LogP contribution in [0.15, 0.2) is 29.8 Å². The first-order chi connectivity index (χ1) is 13.5. The van der Waals surface area contributed by atoms with Crippen LogP contribution in [0.2, 0.25) is 0 Å². The highest BCUT2D eigenvalue weighted by molar-refractivity contribution is 5.97. The van der Waals surface area contributed by atoms with Gasteiger partial charge in [0.05, 0.1) is 6.10 Å². The molecule has 0 radical (unpaired) electrons. The number of hydrogen-bond donors (Lipinski definition) is 4. The quantitative estimate of drug-likeness (QED) is 0.552. The van der Waals surface area contributed by atoms with Crippen LogP contribution in [-0.2, 0) is 9.59 Å². The predicted octanol–water partition coefficient (Wildman–Crippen LogP) is -0.391. The molecule has 9 nitrogen and oxygen atoms in total. The van der Waals surface area contributed by atoms with Crippen molar-refractivity contribution in [2.24, 2.45) is 0 Å². The van der Waals surface area contributed by atoms with Crippen molar-refractivity contribution in [3.63, 3.8) is 0 Å². The number of benzene rings is 1. The maximum absolute atomic E-state index is 12.6. The number of aliphatic hydroxyl groups excluding tert-OH is 2. The lowest BCUT2D eigenvalue weighted by molar-refractivity contribution is -0.129. The van der Waals surface area contributed by atoms with Crippen LogP contribution in [0.4, 0.5) is 0 Å². The molecule has 28 heavy (non-hydrogen) atoms. The molecule has 0 spiro atoms. The molecule has 4 unspecified atom stereocenters. The standard InChI is InChI=1S/C19H22N2O7/c22-13-6-10(18(24)21-12-2-1-5-20-19(12)25)7-16(17(13)23)28-11-3-4-14-15(8-11)27-9-26-14/h3-4,7-8,12-13,16-17,22-23H,1-2,5-6,9H2,(H,20,25)(H,21,24). The Labute approximate surface area is 161 Å². The van der Waals surface area contributed by atoms with Crippen LogP contribution < -0.4 is 24.8 Å². The van der Waals surface area contributed by atoms with Crippen molar-refractivity contribution >= 4 is 11.8 Å². The number of rotatable bonds is 4. The monoisotopic (exact) mass is 390 g/mol. The minimum absolute atomic E-state index is 0.0255. The summed E-state index contributed by atoms with van der Waals surface area (Å²) in [6, 6.07) is 4.36. The van der Waals surface area contributed by atoms with Crippen molar-refractivity contribution in [1.82, 2.24) is 10.6 Å². The molecular weight excluding hydrogens is 368 g/mol. The molecule has 1 fully saturated rings. The van der Waals surface area contributed by atoms with Gasteiger partial charge >= 0.3 is 0 Å². The van der Waals surface area contributed by atoms with Crippen LogP contribution in [0.25, 0.3) is 0 Å². The largest absolute Gasteiger partial charge is 0.483 e. The fraction of sp³-hybridized carbons (Fsp3) is 0.474. The number of carbonyl (C=O) groups excluding carboxylic acids is 2. The second-order valence-corrected chi connectivity index (χ2v) is 7.01. The van der Waals surface area contributed by atoms with Crippen molar-refractivity contribution < 1.29 is 34.0 Å². The highest BCUT2D eigenvalue weighted by Crippen LogP contribution is 2.36. The lowest BCUT2D eigenvalue weighted by Gasteiger charge is -2.31. The van der Waals surface area contributed by atoms with Gasteiger partial charge in [0, 0.05) is 24.6 Å². The Hall–Kier alpha value is -2.78. The van der Waals surface area contributed by atoms with Crippen LogP contribution in [0.5, 0.6) is 17.2 Å². The van der Waals surface area contributed by atoms with Crippen molar-refractivity contribution in [2.45, 2.75) is 43.6 Å². The average molecular weight is 390 g/mol. The number of fused-ring (bicyclic) bond motifs is 1. The highest BCUT2D eigenvalue weighted by Gasteiger charge is 2.35. The van der Waals surface area contributed by atoms with E-state index in [0.29, 0.717) is 30.2 Å². The Morgan fingerprint density at radius 3 is 2.89 bits per heavy atom. The smallest absolute Gasteiger partial charge is 0.247 e. The Bertz CT molecular complexity index is 809. The maximum Gasteiger partial charge on any atom is 0.247 e. The Balaban J connectivity index is 1.48. The molecule has 0 bridgehead atoms. The molecule has 2 aliphatic heterocycles. The number of ether oxygens (including phenoxy) is 3. The highest BCUT2D eigenvalue weighted by atomic mass is 16.7. The van der Waals surface area contributed by atoms with Crippen LogP contribution in [-0.4, -0.2) is 59.7 Å². The van der Waals surface area contributed by atoms with Crippen LogP contribution in [0, 0.1) is 0 Å². The minimum atomic E-state index is -1.19. The van der Waals surface area contributed by atoms with E-state index in [0.717, 1.165) is 6.42 Å². The fourth-order valence-electron chi connectivity index (χ4n) is 3.47. The lowest BCUT2D eigenvalue weighted by Crippen LogP contribution is -2.51. The van der Waals surface area contributed by atoms with E-state index in [1.165, 1.54) is 6.08 Å². The van der Waals surface area contributed by atoms with Gasteiger partial charge in [-0.15, -0.1) is 0 Å². The number of amides is 2. The molecule has 1 aromatic carbocycles. The zero-order valence-corrected chi connectivity index (χ0v) is 15.1. The molecule has 3 aliphatic rings. The molecule has 1 saturated heterocycles. The molecule has 2 heterocycles. The molecule has 0 aromatic heterocycles. The first-order valence-corrected chi connectivity index (χ1v) is 9.23. The minimum Gasteiger partial charge on any atom is -0.483 e. The molecule has 9 heteroatoms. The molecule has 0 saturated carbocycles. The summed E-state index contributed by atoms with van der Waals surface area (Å²) in [7, 11) is 0. The van der Waals surface area contributed by atoms with Gasteiger partial charge in [0.2, 0.25) is 18.6 Å². The van der Waals surface area contributed by atoms with Gasteiger partial charge in [0.25, 0.3) is 0 Å². The van der Waals surface area contributed by atoms with Crippen molar-refractivity contribution in [2.75, 3.05) is 13.3 Å². The summed E-state index contributed by atoms with van der Waals surface area (Å²) in [5.41, 5.74) is 0.266. The van der Waals surface area contributed by atoms with Gasteiger partial charge in [0.15, 0.2) is 11.5 Å². The molecular formula is C19H22N2O7. The van der Waals surface area contributed by atoms with Crippen molar-refractivity contribution in [3.05, 3.63) is 29.8 Å². The Kier molecular flexibility index (Phi) is 5.10. The normalized spacial score (nSPS) is 28.9. The van der Waals surface area contributed by atoms with Gasteiger partial charge in [-0.05, 0) is 31.1 Å². The molecule has 1 aliphatic carbocycles. The van der Waals surface area contributed by atoms with Gasteiger partial charge < -0.3 is 35.1 Å². The van der Waals surface area contributed by atoms with E-state index < -0.39 is 30.3 Å². The van der Waals surface area contributed by atoms with E-state index in [9.17, 15) is 19.8 Å². The molecule has 150 valence electrons. The first kappa shape index (κ1) is 18.6. The van der Waals surface area contributed by atoms with E-state index in [1.54, 1.807) is 18.2 Å². The predicted molar refractivity (Wildman–Crippen MR) is 95.9 cm³/mol. The second-order valence-electron chi connectivity index (χ2n) is 7.01. The summed E-state index contributed by atoms with van der Waals surface area (Å²) in [6.07, 6.45) is -0.476. The number of piperidine rings is 1. The summed E-state index contributed by atoms with van der Waals surface area (Å²) < 4.78 is 16.3. The summed E-state index contributed by atoms with van der Waals surface area (Å²) in [5, 5.41) is 25.9. The number of aliphatic hydroxyl groups is 2. The van der Waals surface area contributed by atoms with Crippen LogP contribution >= 0.6 is 0 Å². The van der Waals surface area contributed by atoms with Crippen LogP contribution in [0.1, 0.15) is 19.3 Å². The average Bonchev–Trinajstić information content (AvgIpc) is 3.15. The van der Waals surface area contributed by atoms with E-state index in [-0.39, 0.29) is 24.7 Å². The summed E-state index contributed by atoms with van der Waals surface area (Å²) in [5.74, 6) is 0.855. The number of hydrogen-bond acceptors (Lipinski definition) is 7. The Morgan fingerprint density at radius 1 is 1.25 bits per heavy atom. The molecule has 4 N–H and O–H groups in total. The van der Waals surface area contributed by atoms with Gasteiger partial charge in [-0.1, -0.05) is 0 Å². The summed E-state index contributed by atoms with van der Waals surface area (Å²) >= 11 is 0. The van der Waals surface area contributed by atoms with E-state index in [2.05, 4.69) is 10.6 Å². The first-order valence-electron chi connectivity index (χ1n) is 9.23. The number of carbonyl (C=O) groups is 2. The SMILES string of the molecule is O=C(NC1CCCNC1=O)C1=CC(Oc2ccc3c(c2)OCO3)C(O)C(O)C1. The lowest BCUT2D eigenvalue weighted by atomic mass is 9.91. The molecule has 2 amide bonds. The topological polar surface area (TPSA) is 126 Å². The second kappa shape index (κ2) is 7.69. The third kappa shape index (κ3) is 3.76. The van der Waals surface area contributed by atoms with Gasteiger partial charge in [-0.25, -0.2) is 0 Å². The summed E-state index contributed by atoms with van der Waals surface area (Å²) in [6.45, 7) is 0.729. The summed E-state index contributed by atoms with van der Waals surface area (Å²) in [4.78, 5) is 24.4. The van der Waals surface area contributed by atoms with E-state index in [1.807, 2.05) is 0 Å². The van der Waals surface area contributed by atoms with E-state index in [4.69, 9.17) is 14.2 Å².